The highest BCUT2D eigenvalue weighted by Crippen LogP contribution is 2.27. The molecule has 0 aliphatic carbocycles. The van der Waals surface area contributed by atoms with E-state index < -0.39 is 0 Å². The van der Waals surface area contributed by atoms with Crippen LogP contribution in [0.25, 0.3) is 0 Å². The van der Waals surface area contributed by atoms with Gasteiger partial charge in [-0.25, -0.2) is 0 Å². The van der Waals surface area contributed by atoms with Crippen molar-refractivity contribution in [2.45, 2.75) is 17.2 Å². The number of thiophene rings is 1. The van der Waals surface area contributed by atoms with Crippen molar-refractivity contribution >= 4 is 23.1 Å². The van der Waals surface area contributed by atoms with Crippen molar-refractivity contribution < 1.29 is 0 Å². The highest BCUT2D eigenvalue weighted by atomic mass is 32.2. The lowest BCUT2D eigenvalue weighted by Gasteiger charge is -2.11. The summed E-state index contributed by atoms with van der Waals surface area (Å²) in [5.41, 5.74) is 8.64. The van der Waals surface area contributed by atoms with Gasteiger partial charge in [-0.2, -0.15) is 0 Å². The van der Waals surface area contributed by atoms with E-state index in [9.17, 15) is 0 Å². The molecule has 3 heteroatoms. The van der Waals surface area contributed by atoms with Crippen molar-refractivity contribution in [1.29, 1.82) is 0 Å². The highest BCUT2D eigenvalue weighted by Gasteiger charge is 2.06. The largest absolute Gasteiger partial charge is 0.323 e. The zero-order chi connectivity index (χ0) is 11.4. The molecule has 1 atom stereocenters. The van der Waals surface area contributed by atoms with E-state index in [0.29, 0.717) is 0 Å². The van der Waals surface area contributed by atoms with Crippen LogP contribution in [0.4, 0.5) is 0 Å². The minimum absolute atomic E-state index is 0.118. The molecule has 1 aromatic heterocycles. The van der Waals surface area contributed by atoms with Crippen molar-refractivity contribution in [1.82, 2.24) is 0 Å². The molecule has 2 rings (SSSR count). The van der Waals surface area contributed by atoms with Gasteiger partial charge in [0.2, 0.25) is 0 Å². The van der Waals surface area contributed by atoms with Gasteiger partial charge in [0, 0.05) is 11.8 Å². The van der Waals surface area contributed by atoms with E-state index in [0.717, 1.165) is 5.75 Å². The summed E-state index contributed by atoms with van der Waals surface area (Å²) in [6.45, 7) is 2.09. The third-order valence-corrected chi connectivity index (χ3v) is 4.66. The van der Waals surface area contributed by atoms with E-state index in [2.05, 4.69) is 48.7 Å². The smallest absolute Gasteiger partial charge is 0.0599 e. The molecule has 0 spiro atoms. The lowest BCUT2D eigenvalue weighted by atomic mass is 10.1. The first kappa shape index (κ1) is 11.7. The second kappa shape index (κ2) is 5.53. The molecule has 1 unspecified atom stereocenters. The Bertz CT molecular complexity index is 420. The Morgan fingerprint density at radius 1 is 1.25 bits per heavy atom. The molecule has 0 amide bonds. The number of hydrogen-bond donors (Lipinski definition) is 1. The number of aryl methyl sites for hydroxylation is 1. The minimum atomic E-state index is 0.118. The van der Waals surface area contributed by atoms with Crippen LogP contribution in [0, 0.1) is 6.92 Å². The Labute approximate surface area is 105 Å². The Morgan fingerprint density at radius 2 is 2.00 bits per heavy atom. The molecule has 84 valence electrons. The number of thioether (sulfide) groups is 1. The van der Waals surface area contributed by atoms with Crippen molar-refractivity contribution in [2.75, 3.05) is 5.75 Å². The summed E-state index contributed by atoms with van der Waals surface area (Å²) in [6, 6.07) is 12.8. The average molecular weight is 249 g/mol. The van der Waals surface area contributed by atoms with Crippen molar-refractivity contribution in [2.24, 2.45) is 5.73 Å². The quantitative estimate of drug-likeness (QED) is 0.833. The van der Waals surface area contributed by atoms with E-state index in [1.165, 1.54) is 15.3 Å². The minimum Gasteiger partial charge on any atom is -0.323 e. The van der Waals surface area contributed by atoms with E-state index in [4.69, 9.17) is 5.73 Å². The predicted molar refractivity (Wildman–Crippen MR) is 73.2 cm³/mol. The van der Waals surface area contributed by atoms with Gasteiger partial charge >= 0.3 is 0 Å². The molecular formula is C13H15NS2. The maximum atomic E-state index is 6.15. The lowest BCUT2D eigenvalue weighted by molar-refractivity contribution is 0.831. The molecule has 2 aromatic rings. The van der Waals surface area contributed by atoms with Crippen LogP contribution in [0.15, 0.2) is 46.0 Å². The number of nitrogens with two attached hydrogens (primary N) is 1. The lowest BCUT2D eigenvalue weighted by Crippen LogP contribution is -2.12. The normalized spacial score (nSPS) is 12.6. The predicted octanol–water partition coefficient (Wildman–Crippen LogP) is 3.85. The summed E-state index contributed by atoms with van der Waals surface area (Å²) in [5.74, 6) is 0.934. The van der Waals surface area contributed by atoms with Crippen LogP contribution in [0.2, 0.25) is 0 Å². The SMILES string of the molecule is Cc1ccc(C(N)CSc2cccs2)cc1. The highest BCUT2D eigenvalue weighted by molar-refractivity contribution is 8.01. The van der Waals surface area contributed by atoms with Gasteiger partial charge in [-0.05, 0) is 23.9 Å². The van der Waals surface area contributed by atoms with E-state index >= 15 is 0 Å². The summed E-state index contributed by atoms with van der Waals surface area (Å²) < 4.78 is 1.34. The topological polar surface area (TPSA) is 26.0 Å². The van der Waals surface area contributed by atoms with E-state index in [1.54, 1.807) is 11.3 Å². The summed E-state index contributed by atoms with van der Waals surface area (Å²) in [7, 11) is 0. The number of benzene rings is 1. The molecule has 1 heterocycles. The van der Waals surface area contributed by atoms with Crippen LogP contribution in [-0.4, -0.2) is 5.75 Å². The molecule has 2 N–H and O–H groups in total. The first-order valence-electron chi connectivity index (χ1n) is 5.24. The van der Waals surface area contributed by atoms with Crippen LogP contribution in [-0.2, 0) is 0 Å². The van der Waals surface area contributed by atoms with Crippen LogP contribution in [0.3, 0.4) is 0 Å². The van der Waals surface area contributed by atoms with Crippen molar-refractivity contribution in [3.8, 4) is 0 Å². The molecule has 0 bridgehead atoms. The maximum absolute atomic E-state index is 6.15. The second-order valence-corrected chi connectivity index (χ2v) is 6.03. The Kier molecular flexibility index (Phi) is 4.04. The van der Waals surface area contributed by atoms with Gasteiger partial charge < -0.3 is 5.73 Å². The van der Waals surface area contributed by atoms with Gasteiger partial charge in [-0.3, -0.25) is 0 Å². The molecule has 0 saturated carbocycles. The van der Waals surface area contributed by atoms with Crippen LogP contribution in [0.5, 0.6) is 0 Å². The summed E-state index contributed by atoms with van der Waals surface area (Å²) in [5, 5.41) is 2.10. The summed E-state index contributed by atoms with van der Waals surface area (Å²) in [4.78, 5) is 0. The van der Waals surface area contributed by atoms with E-state index in [-0.39, 0.29) is 6.04 Å². The zero-order valence-electron chi connectivity index (χ0n) is 9.22. The van der Waals surface area contributed by atoms with Gasteiger partial charge in [-0.1, -0.05) is 35.9 Å². The first-order valence-corrected chi connectivity index (χ1v) is 7.10. The first-order chi connectivity index (χ1) is 7.75. The Morgan fingerprint density at radius 3 is 2.62 bits per heavy atom. The molecule has 0 fully saturated rings. The molecule has 0 saturated heterocycles. The molecule has 0 radical (unpaired) electrons. The van der Waals surface area contributed by atoms with Crippen molar-refractivity contribution in [3.63, 3.8) is 0 Å². The van der Waals surface area contributed by atoms with Crippen LogP contribution in [0.1, 0.15) is 17.2 Å². The third-order valence-electron chi connectivity index (χ3n) is 2.41. The van der Waals surface area contributed by atoms with E-state index in [1.807, 2.05) is 11.8 Å². The fourth-order valence-corrected chi connectivity index (χ4v) is 3.23. The average Bonchev–Trinajstić information content (AvgIpc) is 2.80. The monoisotopic (exact) mass is 249 g/mol. The molecule has 16 heavy (non-hydrogen) atoms. The van der Waals surface area contributed by atoms with Crippen LogP contribution < -0.4 is 5.73 Å². The van der Waals surface area contributed by atoms with Crippen molar-refractivity contribution in [3.05, 3.63) is 52.9 Å². The molecular weight excluding hydrogens is 234 g/mol. The summed E-state index contributed by atoms with van der Waals surface area (Å²) in [6.07, 6.45) is 0. The summed E-state index contributed by atoms with van der Waals surface area (Å²) >= 11 is 3.60. The van der Waals surface area contributed by atoms with Gasteiger partial charge in [0.15, 0.2) is 0 Å². The zero-order valence-corrected chi connectivity index (χ0v) is 10.9. The molecule has 0 aliphatic heterocycles. The van der Waals surface area contributed by atoms with Gasteiger partial charge in [-0.15, -0.1) is 23.1 Å². The Balaban J connectivity index is 1.93. The Hall–Kier alpha value is -0.770. The van der Waals surface area contributed by atoms with Gasteiger partial charge in [0.05, 0.1) is 4.21 Å². The molecule has 0 aliphatic rings. The standard InChI is InChI=1S/C13H15NS2/c1-10-4-6-11(7-5-10)12(14)9-16-13-3-2-8-15-13/h2-8,12H,9,14H2,1H3. The van der Waals surface area contributed by atoms with Gasteiger partial charge in [0.25, 0.3) is 0 Å². The molecule has 1 aromatic carbocycles. The fourth-order valence-electron chi connectivity index (χ4n) is 1.43. The second-order valence-electron chi connectivity index (χ2n) is 3.76. The number of hydrogen-bond acceptors (Lipinski definition) is 3. The van der Waals surface area contributed by atoms with Gasteiger partial charge in [0.1, 0.15) is 0 Å². The maximum Gasteiger partial charge on any atom is 0.0599 e. The number of rotatable bonds is 4. The van der Waals surface area contributed by atoms with Crippen LogP contribution >= 0.6 is 23.1 Å². The fraction of sp³-hybridized carbons (Fsp3) is 0.231. The molecule has 1 nitrogen and oxygen atoms in total. The third kappa shape index (κ3) is 3.11.